The number of hydrogen-bond acceptors (Lipinski definition) is 3. The molecule has 0 fully saturated rings. The van der Waals surface area contributed by atoms with Gasteiger partial charge in [0.2, 0.25) is 0 Å². The summed E-state index contributed by atoms with van der Waals surface area (Å²) in [5, 5.41) is 15.2. The van der Waals surface area contributed by atoms with Gasteiger partial charge in [0.15, 0.2) is 0 Å². The van der Waals surface area contributed by atoms with Crippen LogP contribution >= 0.6 is 0 Å². The lowest BCUT2D eigenvalue weighted by Crippen LogP contribution is -2.39. The largest absolute Gasteiger partial charge is 0.384 e. The Morgan fingerprint density at radius 3 is 2.45 bits per heavy atom. The van der Waals surface area contributed by atoms with Crippen LogP contribution in [0.5, 0.6) is 0 Å². The Bertz CT molecular complexity index is 551. The molecule has 0 aliphatic carbocycles. The van der Waals surface area contributed by atoms with Crippen molar-refractivity contribution in [2.24, 2.45) is 0 Å². The molecule has 1 unspecified atom stereocenters. The summed E-state index contributed by atoms with van der Waals surface area (Å²) in [5.41, 5.74) is -0.330. The molecule has 0 saturated carbocycles. The molecule has 0 amide bonds. The maximum Gasteiger partial charge on any atom is 0.137 e. The van der Waals surface area contributed by atoms with E-state index < -0.39 is 13.7 Å². The van der Waals surface area contributed by atoms with Gasteiger partial charge in [0, 0.05) is 8.07 Å². The Kier molecular flexibility index (Phi) is 4.05. The number of nitrogens with zero attached hydrogens (tertiary/aromatic N) is 3. The Labute approximate surface area is 119 Å². The highest BCUT2D eigenvalue weighted by Gasteiger charge is 2.35. The predicted molar refractivity (Wildman–Crippen MR) is 78.5 cm³/mol. The smallest absolute Gasteiger partial charge is 0.137 e. The van der Waals surface area contributed by atoms with E-state index in [0.717, 1.165) is 5.56 Å². The van der Waals surface area contributed by atoms with E-state index in [9.17, 15) is 9.50 Å². The molecular weight excluding hydrogens is 277 g/mol. The van der Waals surface area contributed by atoms with Gasteiger partial charge in [0.25, 0.3) is 0 Å². The zero-order valence-corrected chi connectivity index (χ0v) is 13.0. The third-order valence-corrected chi connectivity index (χ3v) is 4.74. The summed E-state index contributed by atoms with van der Waals surface area (Å²) in [4.78, 5) is 3.90. The summed E-state index contributed by atoms with van der Waals surface area (Å²) >= 11 is 0. The van der Waals surface area contributed by atoms with Crippen LogP contribution in [0.15, 0.2) is 36.9 Å². The Morgan fingerprint density at radius 2 is 1.95 bits per heavy atom. The van der Waals surface area contributed by atoms with E-state index in [-0.39, 0.29) is 5.82 Å². The molecule has 1 aromatic carbocycles. The highest BCUT2D eigenvalue weighted by atomic mass is 28.3. The van der Waals surface area contributed by atoms with Crippen molar-refractivity contribution in [3.8, 4) is 0 Å². The van der Waals surface area contributed by atoms with Gasteiger partial charge in [0.05, 0.1) is 6.54 Å². The van der Waals surface area contributed by atoms with E-state index in [1.807, 2.05) is 0 Å². The maximum absolute atomic E-state index is 13.1. The highest BCUT2D eigenvalue weighted by molar-refractivity contribution is 6.76. The van der Waals surface area contributed by atoms with Crippen molar-refractivity contribution >= 4 is 8.07 Å². The molecule has 1 N–H and O–H groups in total. The van der Waals surface area contributed by atoms with Crippen LogP contribution in [-0.4, -0.2) is 27.9 Å². The molecule has 0 radical (unpaired) electrons. The monoisotopic (exact) mass is 297 g/mol. The van der Waals surface area contributed by atoms with Crippen LogP contribution in [0, 0.1) is 5.82 Å². The van der Waals surface area contributed by atoms with Gasteiger partial charge in [-0.15, -0.1) is 0 Å². The minimum absolute atomic E-state index is 0.301. The Balaban J connectivity index is 2.34. The SMILES string of the molecule is C[Si](C)(C)CC(O)(Cn1[14cH]n[14cH]n1)c1ccc(F)cc1. The lowest BCUT2D eigenvalue weighted by atomic mass is 9.96. The number of aliphatic hydroxyl groups is 1. The van der Waals surface area contributed by atoms with Crippen LogP contribution in [0.2, 0.25) is 25.7 Å². The molecule has 0 aliphatic rings. The lowest BCUT2D eigenvalue weighted by molar-refractivity contribution is 0.0331. The third kappa shape index (κ3) is 3.74. The Morgan fingerprint density at radius 1 is 1.30 bits per heavy atom. The molecule has 0 aliphatic heterocycles. The fraction of sp³-hybridized carbons (Fsp3) is 0.429. The number of aromatic nitrogens is 3. The quantitative estimate of drug-likeness (QED) is 0.863. The van der Waals surface area contributed by atoms with Gasteiger partial charge >= 0.3 is 0 Å². The van der Waals surface area contributed by atoms with Crippen molar-refractivity contribution in [3.05, 3.63) is 48.3 Å². The molecule has 20 heavy (non-hydrogen) atoms. The molecular formula is C14H20FN3OSi. The van der Waals surface area contributed by atoms with Crippen molar-refractivity contribution in [1.82, 2.24) is 14.8 Å². The zero-order chi connectivity index (χ0) is 14.8. The number of rotatable bonds is 5. The molecule has 2 rings (SSSR count). The van der Waals surface area contributed by atoms with E-state index in [1.165, 1.54) is 18.5 Å². The van der Waals surface area contributed by atoms with E-state index in [1.54, 1.807) is 23.1 Å². The van der Waals surface area contributed by atoms with Crippen molar-refractivity contribution in [2.75, 3.05) is 0 Å². The van der Waals surface area contributed by atoms with Gasteiger partial charge in [-0.1, -0.05) is 31.8 Å². The Hall–Kier alpha value is -1.53. The first-order valence-corrected chi connectivity index (χ1v) is 10.3. The first-order valence-electron chi connectivity index (χ1n) is 6.59. The third-order valence-electron chi connectivity index (χ3n) is 3.09. The second kappa shape index (κ2) is 5.45. The second-order valence-electron chi connectivity index (χ2n) is 6.37. The zero-order valence-electron chi connectivity index (χ0n) is 12.0. The molecule has 0 spiro atoms. The molecule has 6 heteroatoms. The molecule has 108 valence electrons. The maximum atomic E-state index is 13.1. The summed E-state index contributed by atoms with van der Waals surface area (Å²) in [7, 11) is -1.53. The minimum atomic E-state index is -1.53. The molecule has 0 bridgehead atoms. The summed E-state index contributed by atoms with van der Waals surface area (Å²) in [6.45, 7) is 6.91. The summed E-state index contributed by atoms with van der Waals surface area (Å²) in [6, 6.07) is 6.72. The first-order chi connectivity index (χ1) is 9.28. The molecule has 1 heterocycles. The fourth-order valence-corrected chi connectivity index (χ4v) is 4.54. The highest BCUT2D eigenvalue weighted by Crippen LogP contribution is 2.32. The van der Waals surface area contributed by atoms with E-state index in [2.05, 4.69) is 29.7 Å². The fourth-order valence-electron chi connectivity index (χ4n) is 2.47. The van der Waals surface area contributed by atoms with Gasteiger partial charge in [0.1, 0.15) is 24.1 Å². The topological polar surface area (TPSA) is 50.9 Å². The van der Waals surface area contributed by atoms with Crippen molar-refractivity contribution in [1.29, 1.82) is 0 Å². The van der Waals surface area contributed by atoms with Crippen LogP contribution in [0.1, 0.15) is 5.56 Å². The van der Waals surface area contributed by atoms with Crippen LogP contribution in [0.4, 0.5) is 4.39 Å². The standard InChI is InChI=1S/C14H20FN3OSi/c1-20(2,3)9-14(19,8-18-11-16-10-17-18)12-4-6-13(15)7-5-12/h4-7,10-11,19H,8-9H2,1-3H3/i10+2,11+2. The number of benzene rings is 1. The summed E-state index contributed by atoms with van der Waals surface area (Å²) < 4.78 is 14.7. The molecule has 1 aromatic heterocycles. The van der Waals surface area contributed by atoms with Crippen LogP contribution in [0.25, 0.3) is 0 Å². The van der Waals surface area contributed by atoms with Crippen LogP contribution < -0.4 is 0 Å². The molecule has 2 aromatic rings. The predicted octanol–water partition coefficient (Wildman–Crippen LogP) is 2.64. The number of hydrogen-bond donors (Lipinski definition) is 1. The van der Waals surface area contributed by atoms with Crippen molar-refractivity contribution in [2.45, 2.75) is 37.8 Å². The van der Waals surface area contributed by atoms with E-state index >= 15 is 0 Å². The molecule has 1 atom stereocenters. The normalized spacial score (nSPS) is 15.1. The van der Waals surface area contributed by atoms with E-state index in [4.69, 9.17) is 0 Å². The number of halogens is 1. The second-order valence-corrected chi connectivity index (χ2v) is 11.8. The average Bonchev–Trinajstić information content (AvgIpc) is 2.79. The van der Waals surface area contributed by atoms with E-state index in [0.29, 0.717) is 12.6 Å². The van der Waals surface area contributed by atoms with Crippen LogP contribution in [-0.2, 0) is 12.1 Å². The average molecular weight is 297 g/mol. The van der Waals surface area contributed by atoms with Crippen molar-refractivity contribution in [3.63, 3.8) is 0 Å². The van der Waals surface area contributed by atoms with Crippen LogP contribution in [0.3, 0.4) is 0 Å². The summed E-state index contributed by atoms with van der Waals surface area (Å²) in [6.07, 6.45) is 3.03. The van der Waals surface area contributed by atoms with Gasteiger partial charge in [-0.05, 0) is 23.7 Å². The van der Waals surface area contributed by atoms with Gasteiger partial charge in [-0.25, -0.2) is 14.1 Å². The van der Waals surface area contributed by atoms with Crippen molar-refractivity contribution < 1.29 is 9.50 Å². The first kappa shape index (κ1) is 14.9. The molecule has 0 saturated heterocycles. The van der Waals surface area contributed by atoms with Gasteiger partial charge in [-0.2, -0.15) is 5.10 Å². The van der Waals surface area contributed by atoms with Gasteiger partial charge < -0.3 is 5.11 Å². The lowest BCUT2D eigenvalue weighted by Gasteiger charge is -2.33. The summed E-state index contributed by atoms with van der Waals surface area (Å²) in [5.74, 6) is -0.301. The van der Waals surface area contributed by atoms with Gasteiger partial charge in [-0.3, -0.25) is 0 Å². The minimum Gasteiger partial charge on any atom is -0.384 e. The molecule has 4 nitrogen and oxygen atoms in total.